The number of fused-ring (bicyclic) bond motifs is 5. The predicted molar refractivity (Wildman–Crippen MR) is 88.9 cm³/mol. The van der Waals surface area contributed by atoms with Gasteiger partial charge in [-0.15, -0.1) is 0 Å². The molecule has 3 saturated carbocycles. The van der Waals surface area contributed by atoms with Crippen molar-refractivity contribution in [1.82, 2.24) is 0 Å². The smallest absolute Gasteiger partial charge is 0.197 e. The van der Waals surface area contributed by atoms with E-state index < -0.39 is 5.60 Å². The molecule has 0 saturated heterocycles. The number of carbonyl (C=O) groups excluding carboxylic acids is 1. The molecule has 3 fully saturated rings. The molecule has 0 unspecified atom stereocenters. The summed E-state index contributed by atoms with van der Waals surface area (Å²) in [6, 6.07) is 0. The van der Waals surface area contributed by atoms with Crippen molar-refractivity contribution in [3.05, 3.63) is 11.3 Å². The molecule has 0 spiro atoms. The number of rotatable bonds is 0. The molecule has 3 heteroatoms. The Balaban J connectivity index is 1.72. The Bertz CT molecular complexity index is 590. The Morgan fingerprint density at radius 3 is 2.39 bits per heavy atom. The Morgan fingerprint density at radius 1 is 0.957 bits per heavy atom. The molecule has 0 aromatic rings. The fourth-order valence-electron chi connectivity index (χ4n) is 6.93. The zero-order chi connectivity index (χ0) is 16.6. The molecule has 0 amide bonds. The van der Waals surface area contributed by atoms with Gasteiger partial charge in [-0.3, -0.25) is 4.79 Å². The first kappa shape index (κ1) is 15.7. The maximum atomic E-state index is 11.9. The molecule has 4 rings (SSSR count). The molecule has 0 aromatic carbocycles. The van der Waals surface area contributed by atoms with Gasteiger partial charge in [0.15, 0.2) is 11.5 Å². The first-order valence-electron chi connectivity index (χ1n) is 9.39. The van der Waals surface area contributed by atoms with Crippen molar-refractivity contribution in [3.8, 4) is 0 Å². The molecule has 128 valence electrons. The minimum atomic E-state index is -0.537. The summed E-state index contributed by atoms with van der Waals surface area (Å²) in [6.45, 7) is 6.63. The first-order valence-corrected chi connectivity index (χ1v) is 9.39. The molecule has 4 aliphatic rings. The SMILES string of the molecule is C[C@]12CCC(=O)C(O)=C1CC[C@H]1[C@H]2CC[C@]2(C)[C@@H]1CC[C@]2(C)O. The summed E-state index contributed by atoms with van der Waals surface area (Å²) < 4.78 is 0. The second-order valence-corrected chi connectivity index (χ2v) is 9.35. The van der Waals surface area contributed by atoms with Gasteiger partial charge in [0.25, 0.3) is 0 Å². The number of hydrogen-bond donors (Lipinski definition) is 2. The van der Waals surface area contributed by atoms with E-state index in [1.54, 1.807) is 0 Å². The Kier molecular flexibility index (Phi) is 3.15. The number of carbonyl (C=O) groups is 1. The fraction of sp³-hybridized carbons (Fsp3) is 0.850. The van der Waals surface area contributed by atoms with E-state index in [1.807, 2.05) is 6.92 Å². The third-order valence-corrected chi connectivity index (χ3v) is 8.66. The molecular formula is C20H30O3. The van der Waals surface area contributed by atoms with Gasteiger partial charge in [-0.25, -0.2) is 0 Å². The highest BCUT2D eigenvalue weighted by Gasteiger charge is 2.62. The molecule has 2 N–H and O–H groups in total. The number of aliphatic hydroxyl groups is 2. The second kappa shape index (κ2) is 4.62. The van der Waals surface area contributed by atoms with E-state index in [-0.39, 0.29) is 22.4 Å². The highest BCUT2D eigenvalue weighted by Crippen LogP contribution is 2.67. The van der Waals surface area contributed by atoms with Crippen molar-refractivity contribution in [3.63, 3.8) is 0 Å². The quantitative estimate of drug-likeness (QED) is 0.705. The topological polar surface area (TPSA) is 57.5 Å². The zero-order valence-corrected chi connectivity index (χ0v) is 14.7. The summed E-state index contributed by atoms with van der Waals surface area (Å²) in [6.07, 6.45) is 7.57. The molecule has 0 heterocycles. The zero-order valence-electron chi connectivity index (χ0n) is 14.7. The summed E-state index contributed by atoms with van der Waals surface area (Å²) in [5.74, 6) is 1.82. The predicted octanol–water partition coefficient (Wildman–Crippen LogP) is 4.16. The molecule has 0 bridgehead atoms. The van der Waals surface area contributed by atoms with E-state index in [0.717, 1.165) is 50.5 Å². The lowest BCUT2D eigenvalue weighted by Crippen LogP contribution is -2.54. The Hall–Kier alpha value is -0.830. The first-order chi connectivity index (χ1) is 10.7. The second-order valence-electron chi connectivity index (χ2n) is 9.35. The van der Waals surface area contributed by atoms with Gasteiger partial charge < -0.3 is 10.2 Å². The summed E-state index contributed by atoms with van der Waals surface area (Å²) in [4.78, 5) is 11.9. The van der Waals surface area contributed by atoms with Gasteiger partial charge in [0.05, 0.1) is 5.60 Å². The third-order valence-electron chi connectivity index (χ3n) is 8.66. The van der Waals surface area contributed by atoms with Crippen molar-refractivity contribution in [1.29, 1.82) is 0 Å². The molecule has 23 heavy (non-hydrogen) atoms. The van der Waals surface area contributed by atoms with Crippen LogP contribution in [0.15, 0.2) is 11.3 Å². The van der Waals surface area contributed by atoms with Crippen molar-refractivity contribution < 1.29 is 15.0 Å². The summed E-state index contributed by atoms with van der Waals surface area (Å²) in [5, 5.41) is 21.3. The highest BCUT2D eigenvalue weighted by molar-refractivity contribution is 5.95. The lowest BCUT2D eigenvalue weighted by Gasteiger charge is -2.58. The third kappa shape index (κ3) is 1.83. The minimum absolute atomic E-state index is 0.00329. The van der Waals surface area contributed by atoms with Gasteiger partial charge in [0, 0.05) is 6.42 Å². The van der Waals surface area contributed by atoms with Crippen LogP contribution in [0, 0.1) is 28.6 Å². The van der Waals surface area contributed by atoms with E-state index >= 15 is 0 Å². The lowest BCUT2D eigenvalue weighted by molar-refractivity contribution is -0.127. The van der Waals surface area contributed by atoms with E-state index in [1.165, 1.54) is 0 Å². The van der Waals surface area contributed by atoms with Crippen molar-refractivity contribution in [2.45, 2.75) is 77.7 Å². The average molecular weight is 318 g/mol. The lowest BCUT2D eigenvalue weighted by atomic mass is 9.46. The minimum Gasteiger partial charge on any atom is -0.504 e. The van der Waals surface area contributed by atoms with Gasteiger partial charge in [0.1, 0.15) is 0 Å². The number of aliphatic hydroxyl groups excluding tert-OH is 1. The maximum absolute atomic E-state index is 11.9. The standard InChI is InChI=1S/C20H30O3/c1-18-9-8-16(21)17(22)15(18)5-4-12-13(18)6-10-19(2)14(12)7-11-20(19,3)23/h12-14,22-23H,4-11H2,1-3H3/t12-,13+,14+,18+,19+,20-/m0/s1. The molecule has 6 atom stereocenters. The normalized spacial score (nSPS) is 52.9. The maximum Gasteiger partial charge on any atom is 0.197 e. The molecule has 3 nitrogen and oxygen atoms in total. The van der Waals surface area contributed by atoms with Crippen LogP contribution >= 0.6 is 0 Å². The largest absolute Gasteiger partial charge is 0.504 e. The van der Waals surface area contributed by atoms with Gasteiger partial charge in [-0.1, -0.05) is 13.8 Å². The molecule has 0 radical (unpaired) electrons. The van der Waals surface area contributed by atoms with Crippen LogP contribution in [0.2, 0.25) is 0 Å². The van der Waals surface area contributed by atoms with Crippen LogP contribution in [0.1, 0.15) is 72.1 Å². The van der Waals surface area contributed by atoms with Crippen LogP contribution in [0.25, 0.3) is 0 Å². The van der Waals surface area contributed by atoms with E-state index in [4.69, 9.17) is 0 Å². The van der Waals surface area contributed by atoms with Crippen LogP contribution in [0.4, 0.5) is 0 Å². The van der Waals surface area contributed by atoms with Gasteiger partial charge in [-0.05, 0) is 86.0 Å². The van der Waals surface area contributed by atoms with Crippen LogP contribution < -0.4 is 0 Å². The molecular weight excluding hydrogens is 288 g/mol. The number of allylic oxidation sites excluding steroid dienone is 1. The van der Waals surface area contributed by atoms with Crippen molar-refractivity contribution >= 4 is 5.78 Å². The van der Waals surface area contributed by atoms with Crippen LogP contribution in [-0.2, 0) is 4.79 Å². The van der Waals surface area contributed by atoms with Crippen molar-refractivity contribution in [2.75, 3.05) is 0 Å². The van der Waals surface area contributed by atoms with Crippen molar-refractivity contribution in [2.24, 2.45) is 28.6 Å². The number of ketones is 1. The monoisotopic (exact) mass is 318 g/mol. The van der Waals surface area contributed by atoms with Crippen LogP contribution in [0.3, 0.4) is 0 Å². The van der Waals surface area contributed by atoms with E-state index in [9.17, 15) is 15.0 Å². The van der Waals surface area contributed by atoms with Crippen LogP contribution in [0.5, 0.6) is 0 Å². The molecule has 0 aromatic heterocycles. The fourth-order valence-corrected chi connectivity index (χ4v) is 6.93. The van der Waals surface area contributed by atoms with Gasteiger partial charge in [-0.2, -0.15) is 0 Å². The average Bonchev–Trinajstić information content (AvgIpc) is 2.74. The molecule has 4 aliphatic carbocycles. The molecule has 0 aliphatic heterocycles. The van der Waals surface area contributed by atoms with E-state index in [0.29, 0.717) is 24.2 Å². The number of Topliss-reactive ketones (excluding diaryl/α,β-unsaturated/α-hetero) is 1. The summed E-state index contributed by atoms with van der Waals surface area (Å²) >= 11 is 0. The Labute approximate surface area is 139 Å². The highest BCUT2D eigenvalue weighted by atomic mass is 16.3. The summed E-state index contributed by atoms with van der Waals surface area (Å²) in [7, 11) is 0. The number of hydrogen-bond acceptors (Lipinski definition) is 3. The van der Waals surface area contributed by atoms with Gasteiger partial charge >= 0.3 is 0 Å². The van der Waals surface area contributed by atoms with E-state index in [2.05, 4.69) is 13.8 Å². The summed E-state index contributed by atoms with van der Waals surface area (Å²) in [5.41, 5.74) is 0.544. The Morgan fingerprint density at radius 2 is 1.65 bits per heavy atom. The van der Waals surface area contributed by atoms with Crippen LogP contribution in [-0.4, -0.2) is 21.6 Å². The van der Waals surface area contributed by atoms with Gasteiger partial charge in [0.2, 0.25) is 0 Å².